The lowest BCUT2D eigenvalue weighted by Gasteiger charge is -2.37. The lowest BCUT2D eigenvalue weighted by Crippen LogP contribution is -2.62. The van der Waals surface area contributed by atoms with Crippen LogP contribution in [-0.4, -0.2) is 97.2 Å². The van der Waals surface area contributed by atoms with Gasteiger partial charge in [0.25, 0.3) is 5.91 Å². The van der Waals surface area contributed by atoms with E-state index in [2.05, 4.69) is 36.7 Å². The van der Waals surface area contributed by atoms with E-state index in [1.807, 2.05) is 71.9 Å². The third-order valence-electron chi connectivity index (χ3n) is 11.2. The van der Waals surface area contributed by atoms with Crippen molar-refractivity contribution in [3.8, 4) is 0 Å². The predicted molar refractivity (Wildman–Crippen MR) is 204 cm³/mol. The summed E-state index contributed by atoms with van der Waals surface area (Å²) in [6.45, 7) is 15.2. The van der Waals surface area contributed by atoms with Gasteiger partial charge >= 0.3 is 0 Å². The number of fused-ring (bicyclic) bond motifs is 1. The van der Waals surface area contributed by atoms with Gasteiger partial charge in [-0.15, -0.1) is 10.2 Å². The van der Waals surface area contributed by atoms with Crippen molar-refractivity contribution in [1.29, 1.82) is 0 Å². The summed E-state index contributed by atoms with van der Waals surface area (Å²) in [6.07, 6.45) is 4.85. The van der Waals surface area contributed by atoms with Crippen molar-refractivity contribution >= 4 is 35.3 Å². The molecule has 300 valence electrons. The second-order valence-corrected chi connectivity index (χ2v) is 17.4. The molecule has 2 saturated carbocycles. The van der Waals surface area contributed by atoms with Gasteiger partial charge in [-0.05, 0) is 79.9 Å². The Morgan fingerprint density at radius 2 is 1.60 bits per heavy atom. The zero-order valence-electron chi connectivity index (χ0n) is 33.6. The molecule has 4 N–H and O–H groups in total. The van der Waals surface area contributed by atoms with Crippen LogP contribution in [0.4, 0.5) is 0 Å². The van der Waals surface area contributed by atoms with Crippen LogP contribution in [0.25, 0.3) is 0 Å². The van der Waals surface area contributed by atoms with Crippen molar-refractivity contribution < 1.29 is 28.8 Å². The number of ketones is 1. The van der Waals surface area contributed by atoms with Crippen LogP contribution in [0.15, 0.2) is 30.3 Å². The standard InChI is InChI=1S/C40H59N9O6/c1-9-14-28(33(51)37(54)41-26-19-20-26)42-36(53)32-27-18-13-15-24(27)22-48(32)38(55)34(39(4,5)6)44-35(52)31(23(2)3)43-30(50)21-29-45-47-49(46-29)40(7,8)25-16-11-10-12-17-25/h10-12,16-17,23-24,26-28,31-32,34H,9,13-15,18-22H2,1-8H3,(H,41,54)(H,42,53)(H,43,50)(H,44,52)/t24-,27-,28?,31-,32-,34+/m0/s1. The van der Waals surface area contributed by atoms with Gasteiger partial charge in [0.15, 0.2) is 5.82 Å². The van der Waals surface area contributed by atoms with Crippen LogP contribution in [0.1, 0.15) is 112 Å². The van der Waals surface area contributed by atoms with Gasteiger partial charge in [-0.2, -0.15) is 4.80 Å². The zero-order valence-corrected chi connectivity index (χ0v) is 33.6. The van der Waals surface area contributed by atoms with E-state index >= 15 is 0 Å². The molecule has 5 rings (SSSR count). The van der Waals surface area contributed by atoms with Crippen LogP contribution in [-0.2, 0) is 40.7 Å². The molecule has 1 aromatic carbocycles. The number of nitrogens with zero attached hydrogens (tertiary/aromatic N) is 5. The summed E-state index contributed by atoms with van der Waals surface area (Å²) in [7, 11) is 0. The number of aromatic nitrogens is 4. The monoisotopic (exact) mass is 761 g/mol. The Balaban J connectivity index is 1.28. The van der Waals surface area contributed by atoms with Crippen LogP contribution in [0.3, 0.4) is 0 Å². The molecule has 1 aromatic heterocycles. The van der Waals surface area contributed by atoms with Crippen LogP contribution < -0.4 is 21.3 Å². The predicted octanol–water partition coefficient (Wildman–Crippen LogP) is 2.43. The van der Waals surface area contributed by atoms with Crippen LogP contribution >= 0.6 is 0 Å². The number of likely N-dealkylation sites (tertiary alicyclic amines) is 1. The molecule has 6 atom stereocenters. The topological polar surface area (TPSA) is 197 Å². The number of benzene rings is 1. The third-order valence-corrected chi connectivity index (χ3v) is 11.2. The molecule has 2 heterocycles. The lowest BCUT2D eigenvalue weighted by molar-refractivity contribution is -0.146. The van der Waals surface area contributed by atoms with Gasteiger partial charge < -0.3 is 26.2 Å². The summed E-state index contributed by atoms with van der Waals surface area (Å²) in [5.41, 5.74) is -0.422. The van der Waals surface area contributed by atoms with Crippen molar-refractivity contribution in [2.45, 2.75) is 143 Å². The van der Waals surface area contributed by atoms with Gasteiger partial charge in [-0.1, -0.05) is 84.7 Å². The molecular weight excluding hydrogens is 702 g/mol. The van der Waals surface area contributed by atoms with E-state index < -0.39 is 70.4 Å². The number of hydrogen-bond donors (Lipinski definition) is 4. The Labute approximate surface area is 323 Å². The first kappa shape index (κ1) is 41.5. The van der Waals surface area contributed by atoms with E-state index in [9.17, 15) is 28.8 Å². The first-order valence-electron chi connectivity index (χ1n) is 19.8. The molecule has 3 fully saturated rings. The Bertz CT molecular complexity index is 1730. The summed E-state index contributed by atoms with van der Waals surface area (Å²) in [6, 6.07) is 5.83. The second kappa shape index (κ2) is 17.0. The molecule has 15 heteroatoms. The molecule has 0 spiro atoms. The average Bonchev–Trinajstić information content (AvgIpc) is 3.45. The summed E-state index contributed by atoms with van der Waals surface area (Å²) in [5, 5.41) is 24.1. The SMILES string of the molecule is CCCC(NC(=O)[C@@H]1[C@H]2CCC[C@H]2CN1C(=O)[C@@H](NC(=O)[C@@H](NC(=O)Cc1nnn(C(C)(C)c2ccccc2)n1)C(C)C)C(C)(C)C)C(=O)C(=O)NC1CC1. The first-order valence-corrected chi connectivity index (χ1v) is 19.8. The smallest absolute Gasteiger partial charge is 0.289 e. The number of amides is 5. The van der Waals surface area contributed by atoms with Crippen LogP contribution in [0.2, 0.25) is 0 Å². The van der Waals surface area contributed by atoms with Gasteiger partial charge in [-0.25, -0.2) is 0 Å². The highest BCUT2D eigenvalue weighted by molar-refractivity contribution is 6.38. The van der Waals surface area contributed by atoms with Gasteiger partial charge in [-0.3, -0.25) is 28.8 Å². The second-order valence-electron chi connectivity index (χ2n) is 17.4. The highest BCUT2D eigenvalue weighted by atomic mass is 16.2. The Kier molecular flexibility index (Phi) is 12.8. The number of hydrogen-bond acceptors (Lipinski definition) is 9. The quantitative estimate of drug-likeness (QED) is 0.186. The number of rotatable bonds is 16. The first-order chi connectivity index (χ1) is 25.9. The molecule has 0 bridgehead atoms. The lowest BCUT2D eigenvalue weighted by atomic mass is 9.85. The molecule has 1 saturated heterocycles. The summed E-state index contributed by atoms with van der Waals surface area (Å²) in [4.78, 5) is 84.8. The molecule has 0 radical (unpaired) electrons. The highest BCUT2D eigenvalue weighted by Gasteiger charge is 2.52. The minimum Gasteiger partial charge on any atom is -0.347 e. The maximum atomic E-state index is 14.6. The van der Waals surface area contributed by atoms with Crippen LogP contribution in [0.5, 0.6) is 0 Å². The van der Waals surface area contributed by atoms with Crippen molar-refractivity contribution in [2.24, 2.45) is 23.2 Å². The highest BCUT2D eigenvalue weighted by Crippen LogP contribution is 2.43. The minimum atomic E-state index is -1.04. The number of tetrazole rings is 1. The molecule has 15 nitrogen and oxygen atoms in total. The Morgan fingerprint density at radius 3 is 2.22 bits per heavy atom. The largest absolute Gasteiger partial charge is 0.347 e. The van der Waals surface area contributed by atoms with E-state index in [1.54, 1.807) is 18.7 Å². The van der Waals surface area contributed by atoms with Gasteiger partial charge in [0.1, 0.15) is 23.7 Å². The maximum Gasteiger partial charge on any atom is 0.289 e. The zero-order chi connectivity index (χ0) is 40.2. The van der Waals surface area contributed by atoms with E-state index in [1.165, 1.54) is 4.80 Å². The summed E-state index contributed by atoms with van der Waals surface area (Å²) >= 11 is 0. The number of nitrogens with one attached hydrogen (secondary N) is 4. The minimum absolute atomic E-state index is 0.00157. The maximum absolute atomic E-state index is 14.6. The van der Waals surface area contributed by atoms with Crippen molar-refractivity contribution in [1.82, 2.24) is 46.4 Å². The summed E-state index contributed by atoms with van der Waals surface area (Å²) in [5.74, 6) is -3.40. The Morgan fingerprint density at radius 1 is 0.909 bits per heavy atom. The molecule has 55 heavy (non-hydrogen) atoms. The molecule has 3 aliphatic rings. The fraction of sp³-hybridized carbons (Fsp3) is 0.675. The van der Waals surface area contributed by atoms with Crippen molar-refractivity contribution in [2.75, 3.05) is 6.54 Å². The fourth-order valence-electron chi connectivity index (χ4n) is 7.79. The third kappa shape index (κ3) is 9.77. The molecule has 2 aromatic rings. The van der Waals surface area contributed by atoms with Crippen LogP contribution in [0, 0.1) is 23.2 Å². The van der Waals surface area contributed by atoms with Crippen molar-refractivity contribution in [3.63, 3.8) is 0 Å². The molecule has 1 unspecified atom stereocenters. The van der Waals surface area contributed by atoms with E-state index in [0.29, 0.717) is 19.4 Å². The normalized spacial score (nSPS) is 21.3. The molecule has 1 aliphatic heterocycles. The fourth-order valence-corrected chi connectivity index (χ4v) is 7.79. The number of carbonyl (C=O) groups excluding carboxylic acids is 6. The average molecular weight is 762 g/mol. The molecule has 5 amide bonds. The van der Waals surface area contributed by atoms with E-state index in [-0.39, 0.29) is 36.0 Å². The van der Waals surface area contributed by atoms with Gasteiger partial charge in [0, 0.05) is 12.6 Å². The van der Waals surface area contributed by atoms with E-state index in [4.69, 9.17) is 0 Å². The van der Waals surface area contributed by atoms with E-state index in [0.717, 1.165) is 37.7 Å². The van der Waals surface area contributed by atoms with Gasteiger partial charge in [0.2, 0.25) is 29.4 Å². The number of Topliss-reactive ketones (excluding diaryl/α,β-unsaturated/α-hetero) is 1. The van der Waals surface area contributed by atoms with Crippen molar-refractivity contribution in [3.05, 3.63) is 41.7 Å². The van der Waals surface area contributed by atoms with Gasteiger partial charge in [0.05, 0.1) is 12.5 Å². The Hall–Kier alpha value is -4.69. The summed E-state index contributed by atoms with van der Waals surface area (Å²) < 4.78 is 0. The molecular formula is C40H59N9O6. The number of carbonyl (C=O) groups is 6. The molecule has 2 aliphatic carbocycles.